The van der Waals surface area contributed by atoms with Crippen LogP contribution in [0.25, 0.3) is 0 Å². The van der Waals surface area contributed by atoms with Crippen molar-refractivity contribution < 1.29 is 19.4 Å². The van der Waals surface area contributed by atoms with Crippen molar-refractivity contribution in [3.8, 4) is 0 Å². The number of hydrogen-bond donors (Lipinski definition) is 1. The number of carboxylic acids is 1. The zero-order valence-corrected chi connectivity index (χ0v) is 10.1. The van der Waals surface area contributed by atoms with Crippen molar-refractivity contribution >= 4 is 11.9 Å². The minimum absolute atomic E-state index is 0.101. The first-order valence-electron chi connectivity index (χ1n) is 6.17. The lowest BCUT2D eigenvalue weighted by molar-refractivity contribution is -0.162. The number of morpholine rings is 1. The van der Waals surface area contributed by atoms with Gasteiger partial charge in [0.1, 0.15) is 0 Å². The lowest BCUT2D eigenvalue weighted by Gasteiger charge is -2.36. The quantitative estimate of drug-likeness (QED) is 0.779. The van der Waals surface area contributed by atoms with Crippen molar-refractivity contribution in [1.82, 2.24) is 4.90 Å². The molecule has 0 spiro atoms. The Kier molecular flexibility index (Phi) is 3.38. The van der Waals surface area contributed by atoms with Crippen molar-refractivity contribution in [3.63, 3.8) is 0 Å². The molecule has 0 aromatic carbocycles. The third-order valence-corrected chi connectivity index (χ3v) is 3.85. The van der Waals surface area contributed by atoms with Gasteiger partial charge in [0.25, 0.3) is 0 Å². The molecule has 2 fully saturated rings. The third-order valence-electron chi connectivity index (χ3n) is 3.85. The molecule has 1 aliphatic carbocycles. The summed E-state index contributed by atoms with van der Waals surface area (Å²) in [4.78, 5) is 24.9. The van der Waals surface area contributed by atoms with E-state index in [1.54, 1.807) is 4.90 Å². The largest absolute Gasteiger partial charge is 0.479 e. The van der Waals surface area contributed by atoms with Crippen LogP contribution in [0.5, 0.6) is 0 Å². The molecule has 1 atom stereocenters. The van der Waals surface area contributed by atoms with E-state index in [1.807, 2.05) is 6.92 Å². The number of carbonyl (C=O) groups is 2. The summed E-state index contributed by atoms with van der Waals surface area (Å²) in [7, 11) is 0. The number of amides is 1. The molecule has 1 heterocycles. The zero-order valence-electron chi connectivity index (χ0n) is 10.1. The molecule has 2 rings (SSSR count). The Morgan fingerprint density at radius 3 is 2.59 bits per heavy atom. The molecule has 0 radical (unpaired) electrons. The first-order chi connectivity index (χ1) is 8.03. The molecule has 2 aliphatic rings. The summed E-state index contributed by atoms with van der Waals surface area (Å²) in [5.74, 6) is -0.886. The van der Waals surface area contributed by atoms with Crippen LogP contribution in [0.3, 0.4) is 0 Å². The predicted octanol–water partition coefficient (Wildman–Crippen LogP) is 0.879. The fraction of sp³-hybridized carbons (Fsp3) is 0.833. The zero-order chi connectivity index (χ0) is 12.5. The Hall–Kier alpha value is -1.10. The summed E-state index contributed by atoms with van der Waals surface area (Å²) in [6, 6.07) is 0. The molecule has 17 heavy (non-hydrogen) atoms. The van der Waals surface area contributed by atoms with Crippen LogP contribution in [0, 0.1) is 5.41 Å². The van der Waals surface area contributed by atoms with E-state index in [-0.39, 0.29) is 17.9 Å². The average Bonchev–Trinajstić information content (AvgIpc) is 2.76. The maximum Gasteiger partial charge on any atom is 0.334 e. The summed E-state index contributed by atoms with van der Waals surface area (Å²) in [6.07, 6.45) is 3.16. The molecule has 1 N–H and O–H groups in total. The highest BCUT2D eigenvalue weighted by Crippen LogP contribution is 2.39. The van der Waals surface area contributed by atoms with Gasteiger partial charge < -0.3 is 14.7 Å². The Morgan fingerprint density at radius 2 is 2.00 bits per heavy atom. The summed E-state index contributed by atoms with van der Waals surface area (Å²) >= 11 is 0. The number of hydrogen-bond acceptors (Lipinski definition) is 3. The number of aliphatic carboxylic acids is 1. The molecule has 1 unspecified atom stereocenters. The van der Waals surface area contributed by atoms with Gasteiger partial charge in [-0.25, -0.2) is 4.79 Å². The summed E-state index contributed by atoms with van der Waals surface area (Å²) in [6.45, 7) is 3.01. The maximum absolute atomic E-state index is 12.4. The van der Waals surface area contributed by atoms with Crippen LogP contribution in [0.1, 0.15) is 32.6 Å². The van der Waals surface area contributed by atoms with Crippen LogP contribution in [-0.2, 0) is 14.3 Å². The van der Waals surface area contributed by atoms with Crippen molar-refractivity contribution in [2.75, 3.05) is 19.7 Å². The Morgan fingerprint density at radius 1 is 1.35 bits per heavy atom. The molecular formula is C12H19NO4. The van der Waals surface area contributed by atoms with Crippen LogP contribution < -0.4 is 0 Å². The first-order valence-corrected chi connectivity index (χ1v) is 6.17. The van der Waals surface area contributed by atoms with Gasteiger partial charge in [0.05, 0.1) is 13.2 Å². The molecule has 5 nitrogen and oxygen atoms in total. The topological polar surface area (TPSA) is 66.8 Å². The van der Waals surface area contributed by atoms with E-state index in [0.29, 0.717) is 13.2 Å². The molecule has 1 amide bonds. The van der Waals surface area contributed by atoms with Gasteiger partial charge >= 0.3 is 5.97 Å². The number of nitrogens with zero attached hydrogens (tertiary/aromatic N) is 1. The van der Waals surface area contributed by atoms with E-state index >= 15 is 0 Å². The van der Waals surface area contributed by atoms with Crippen molar-refractivity contribution in [2.24, 2.45) is 5.41 Å². The smallest absolute Gasteiger partial charge is 0.334 e. The molecule has 0 aromatic rings. The maximum atomic E-state index is 12.4. The van der Waals surface area contributed by atoms with E-state index in [2.05, 4.69) is 0 Å². The second-order valence-electron chi connectivity index (χ2n) is 5.22. The van der Waals surface area contributed by atoms with Gasteiger partial charge in [-0.3, -0.25) is 4.79 Å². The number of carboxylic acid groups (broad SMARTS) is 1. The minimum atomic E-state index is -0.987. The van der Waals surface area contributed by atoms with E-state index < -0.39 is 12.1 Å². The fourth-order valence-electron chi connectivity index (χ4n) is 2.73. The van der Waals surface area contributed by atoms with Gasteiger partial charge in [0.2, 0.25) is 5.91 Å². The number of rotatable bonds is 2. The average molecular weight is 241 g/mol. The molecule has 1 saturated carbocycles. The molecule has 0 bridgehead atoms. The Balaban J connectivity index is 2.01. The lowest BCUT2D eigenvalue weighted by Crippen LogP contribution is -2.52. The SMILES string of the molecule is CC1(C(=O)N2CCOC(C(=O)O)C2)CCCC1. The van der Waals surface area contributed by atoms with Crippen molar-refractivity contribution in [3.05, 3.63) is 0 Å². The molecular weight excluding hydrogens is 222 g/mol. The molecule has 5 heteroatoms. The third kappa shape index (κ3) is 2.44. The monoisotopic (exact) mass is 241 g/mol. The highest BCUT2D eigenvalue weighted by atomic mass is 16.5. The van der Waals surface area contributed by atoms with Crippen LogP contribution >= 0.6 is 0 Å². The molecule has 1 saturated heterocycles. The van der Waals surface area contributed by atoms with E-state index in [4.69, 9.17) is 9.84 Å². The van der Waals surface area contributed by atoms with E-state index in [1.165, 1.54) is 0 Å². The van der Waals surface area contributed by atoms with Crippen LogP contribution in [-0.4, -0.2) is 47.7 Å². The summed E-state index contributed by atoms with van der Waals surface area (Å²) in [5.41, 5.74) is -0.277. The molecule has 0 aromatic heterocycles. The van der Waals surface area contributed by atoms with Crippen molar-refractivity contribution in [1.29, 1.82) is 0 Å². The second-order valence-corrected chi connectivity index (χ2v) is 5.22. The number of ether oxygens (including phenoxy) is 1. The minimum Gasteiger partial charge on any atom is -0.479 e. The Labute approximate surface area is 101 Å². The van der Waals surface area contributed by atoms with Gasteiger partial charge in [-0.05, 0) is 12.8 Å². The van der Waals surface area contributed by atoms with Gasteiger partial charge in [0.15, 0.2) is 6.10 Å². The van der Waals surface area contributed by atoms with Gasteiger partial charge in [-0.15, -0.1) is 0 Å². The molecule has 1 aliphatic heterocycles. The second kappa shape index (κ2) is 4.64. The first kappa shape index (κ1) is 12.4. The number of carbonyl (C=O) groups excluding carboxylic acids is 1. The van der Waals surface area contributed by atoms with Crippen LogP contribution in [0.4, 0.5) is 0 Å². The van der Waals surface area contributed by atoms with Crippen LogP contribution in [0.15, 0.2) is 0 Å². The Bertz CT molecular complexity index is 322. The predicted molar refractivity (Wildman–Crippen MR) is 60.5 cm³/mol. The summed E-state index contributed by atoms with van der Waals surface area (Å²) in [5, 5.41) is 8.90. The van der Waals surface area contributed by atoms with Gasteiger partial charge in [0, 0.05) is 12.0 Å². The normalized spacial score (nSPS) is 28.1. The van der Waals surface area contributed by atoms with Crippen LogP contribution in [0.2, 0.25) is 0 Å². The van der Waals surface area contributed by atoms with Gasteiger partial charge in [-0.1, -0.05) is 19.8 Å². The van der Waals surface area contributed by atoms with Crippen molar-refractivity contribution in [2.45, 2.75) is 38.7 Å². The van der Waals surface area contributed by atoms with E-state index in [9.17, 15) is 9.59 Å². The molecule has 96 valence electrons. The highest BCUT2D eigenvalue weighted by molar-refractivity contribution is 5.83. The highest BCUT2D eigenvalue weighted by Gasteiger charge is 2.41. The fourth-order valence-corrected chi connectivity index (χ4v) is 2.73. The summed E-state index contributed by atoms with van der Waals surface area (Å²) < 4.78 is 5.12. The standard InChI is InChI=1S/C12H19NO4/c1-12(4-2-3-5-12)11(16)13-6-7-17-9(8-13)10(14)15/h9H,2-8H2,1H3,(H,14,15). The lowest BCUT2D eigenvalue weighted by atomic mass is 9.87. The van der Waals surface area contributed by atoms with Gasteiger partial charge in [-0.2, -0.15) is 0 Å². The van der Waals surface area contributed by atoms with E-state index in [0.717, 1.165) is 25.7 Å².